The number of carbonyl (C=O) groups is 1. The molecule has 2 aliphatic rings. The van der Waals surface area contributed by atoms with Crippen molar-refractivity contribution in [2.24, 2.45) is 5.92 Å². The van der Waals surface area contributed by atoms with E-state index < -0.39 is 0 Å². The van der Waals surface area contributed by atoms with Crippen molar-refractivity contribution >= 4 is 5.91 Å². The van der Waals surface area contributed by atoms with Gasteiger partial charge in [-0.15, -0.1) is 0 Å². The van der Waals surface area contributed by atoms with Crippen LogP contribution in [0.25, 0.3) is 0 Å². The van der Waals surface area contributed by atoms with Crippen LogP contribution in [0.3, 0.4) is 0 Å². The zero-order valence-corrected chi connectivity index (χ0v) is 16.8. The third kappa shape index (κ3) is 4.23. The summed E-state index contributed by atoms with van der Waals surface area (Å²) < 4.78 is 7.56. The third-order valence-electron chi connectivity index (χ3n) is 6.31. The molecule has 4 rings (SSSR count). The monoisotopic (exact) mass is 381 g/mol. The van der Waals surface area contributed by atoms with E-state index in [2.05, 4.69) is 21.2 Å². The van der Waals surface area contributed by atoms with E-state index in [-0.39, 0.29) is 11.9 Å². The van der Waals surface area contributed by atoms with Gasteiger partial charge in [-0.25, -0.2) is 0 Å². The molecule has 1 heterocycles. The average Bonchev–Trinajstić information content (AvgIpc) is 3.13. The molecule has 0 aliphatic heterocycles. The van der Waals surface area contributed by atoms with Crippen molar-refractivity contribution in [2.45, 2.75) is 70.4 Å². The number of para-hydroxylation sites is 1. The lowest BCUT2D eigenvalue weighted by Gasteiger charge is -2.26. The van der Waals surface area contributed by atoms with Gasteiger partial charge < -0.3 is 10.1 Å². The number of nitrogens with zero attached hydrogens (tertiary/aromatic N) is 2. The number of amides is 1. The lowest BCUT2D eigenvalue weighted by molar-refractivity contribution is -0.123. The van der Waals surface area contributed by atoms with Gasteiger partial charge in [0.25, 0.3) is 0 Å². The molecule has 150 valence electrons. The molecular weight excluding hydrogens is 350 g/mol. The predicted molar refractivity (Wildman–Crippen MR) is 109 cm³/mol. The smallest absolute Gasteiger partial charge is 0.220 e. The summed E-state index contributed by atoms with van der Waals surface area (Å²) >= 11 is 0. The van der Waals surface area contributed by atoms with Crippen molar-refractivity contribution in [2.75, 3.05) is 7.11 Å². The quantitative estimate of drug-likeness (QED) is 0.807. The SMILES string of the molecule is COc1ccccc1Cn1ncc2c1CCCC2NC(=O)CC1CCCCC1. The number of aromatic nitrogens is 2. The van der Waals surface area contributed by atoms with Gasteiger partial charge in [0, 0.05) is 23.2 Å². The van der Waals surface area contributed by atoms with Crippen LogP contribution < -0.4 is 10.1 Å². The first-order chi connectivity index (χ1) is 13.7. The molecule has 1 unspecified atom stereocenters. The highest BCUT2D eigenvalue weighted by atomic mass is 16.5. The fraction of sp³-hybridized carbons (Fsp3) is 0.565. The van der Waals surface area contributed by atoms with Crippen molar-refractivity contribution in [3.8, 4) is 5.75 Å². The Morgan fingerprint density at radius 1 is 1.18 bits per heavy atom. The number of carbonyl (C=O) groups excluding carboxylic acids is 1. The Kier molecular flexibility index (Phi) is 5.98. The number of ether oxygens (including phenoxy) is 1. The molecule has 0 saturated heterocycles. The van der Waals surface area contributed by atoms with Crippen molar-refractivity contribution < 1.29 is 9.53 Å². The maximum Gasteiger partial charge on any atom is 0.220 e. The second-order valence-corrected chi connectivity index (χ2v) is 8.24. The molecule has 28 heavy (non-hydrogen) atoms. The van der Waals surface area contributed by atoms with Crippen LogP contribution in [0.15, 0.2) is 30.5 Å². The van der Waals surface area contributed by atoms with E-state index >= 15 is 0 Å². The molecular formula is C23H31N3O2. The molecule has 1 atom stereocenters. The molecule has 0 spiro atoms. The number of hydrogen-bond donors (Lipinski definition) is 1. The highest BCUT2D eigenvalue weighted by Gasteiger charge is 2.27. The van der Waals surface area contributed by atoms with Gasteiger partial charge in [-0.05, 0) is 44.1 Å². The minimum atomic E-state index is 0.103. The molecule has 1 N–H and O–H groups in total. The van der Waals surface area contributed by atoms with E-state index in [1.807, 2.05) is 24.4 Å². The van der Waals surface area contributed by atoms with Crippen molar-refractivity contribution in [1.29, 1.82) is 0 Å². The normalized spacial score (nSPS) is 19.8. The number of nitrogens with one attached hydrogen (secondary N) is 1. The maximum atomic E-state index is 12.6. The van der Waals surface area contributed by atoms with Crippen LogP contribution in [0, 0.1) is 5.92 Å². The zero-order valence-electron chi connectivity index (χ0n) is 16.8. The van der Waals surface area contributed by atoms with Crippen molar-refractivity contribution in [3.63, 3.8) is 0 Å². The van der Waals surface area contributed by atoms with Gasteiger partial charge >= 0.3 is 0 Å². The first-order valence-corrected chi connectivity index (χ1v) is 10.7. The Hall–Kier alpha value is -2.30. The van der Waals surface area contributed by atoms with Crippen LogP contribution in [0.1, 0.15) is 74.2 Å². The summed E-state index contributed by atoms with van der Waals surface area (Å²) in [5.74, 6) is 1.67. The van der Waals surface area contributed by atoms with Crippen LogP contribution in [-0.2, 0) is 17.8 Å². The number of methoxy groups -OCH3 is 1. The second-order valence-electron chi connectivity index (χ2n) is 8.24. The van der Waals surface area contributed by atoms with Gasteiger partial charge in [0.1, 0.15) is 5.75 Å². The van der Waals surface area contributed by atoms with E-state index in [4.69, 9.17) is 4.74 Å². The number of rotatable bonds is 6. The van der Waals surface area contributed by atoms with E-state index in [9.17, 15) is 4.79 Å². The molecule has 2 aromatic rings. The number of fused-ring (bicyclic) bond motifs is 1. The van der Waals surface area contributed by atoms with Crippen LogP contribution in [0.5, 0.6) is 5.75 Å². The summed E-state index contributed by atoms with van der Waals surface area (Å²) in [7, 11) is 1.70. The average molecular weight is 382 g/mol. The summed E-state index contributed by atoms with van der Waals surface area (Å²) in [4.78, 5) is 12.6. The summed E-state index contributed by atoms with van der Waals surface area (Å²) in [5.41, 5.74) is 3.57. The lowest BCUT2D eigenvalue weighted by Crippen LogP contribution is -2.32. The fourth-order valence-corrected chi connectivity index (χ4v) is 4.81. The summed E-state index contributed by atoms with van der Waals surface area (Å²) in [6.45, 7) is 0.697. The summed E-state index contributed by atoms with van der Waals surface area (Å²) in [5, 5.41) is 7.96. The third-order valence-corrected chi connectivity index (χ3v) is 6.31. The number of benzene rings is 1. The molecule has 1 aromatic heterocycles. The first-order valence-electron chi connectivity index (χ1n) is 10.7. The Balaban J connectivity index is 1.44. The van der Waals surface area contributed by atoms with Gasteiger partial charge in [0.05, 0.1) is 25.9 Å². The standard InChI is InChI=1S/C23H31N3O2/c1-28-22-13-6-5-10-18(22)16-26-21-12-7-11-20(19(21)15-24-26)25-23(27)14-17-8-3-2-4-9-17/h5-6,10,13,15,17,20H,2-4,7-9,11-12,14,16H2,1H3,(H,25,27). The molecule has 1 saturated carbocycles. The lowest BCUT2D eigenvalue weighted by atomic mass is 9.86. The summed E-state index contributed by atoms with van der Waals surface area (Å²) in [6.07, 6.45) is 12.0. The summed E-state index contributed by atoms with van der Waals surface area (Å²) in [6, 6.07) is 8.19. The molecule has 1 aromatic carbocycles. The van der Waals surface area contributed by atoms with Gasteiger partial charge in [0.15, 0.2) is 0 Å². The highest BCUT2D eigenvalue weighted by Crippen LogP contribution is 2.32. The minimum Gasteiger partial charge on any atom is -0.496 e. The fourth-order valence-electron chi connectivity index (χ4n) is 4.81. The van der Waals surface area contributed by atoms with Crippen LogP contribution in [-0.4, -0.2) is 22.8 Å². The molecule has 0 bridgehead atoms. The molecule has 5 heteroatoms. The minimum absolute atomic E-state index is 0.103. The topological polar surface area (TPSA) is 56.1 Å². The van der Waals surface area contributed by atoms with E-state index in [0.717, 1.165) is 30.6 Å². The first kappa shape index (κ1) is 19.0. The largest absolute Gasteiger partial charge is 0.496 e. The van der Waals surface area contributed by atoms with E-state index in [0.29, 0.717) is 18.9 Å². The van der Waals surface area contributed by atoms with Crippen molar-refractivity contribution in [1.82, 2.24) is 15.1 Å². The molecule has 0 radical (unpaired) electrons. The van der Waals surface area contributed by atoms with Crippen LogP contribution in [0.2, 0.25) is 0 Å². The Morgan fingerprint density at radius 2 is 2.00 bits per heavy atom. The van der Waals surface area contributed by atoms with Crippen LogP contribution in [0.4, 0.5) is 0 Å². The molecule has 1 fully saturated rings. The van der Waals surface area contributed by atoms with Crippen LogP contribution >= 0.6 is 0 Å². The van der Waals surface area contributed by atoms with E-state index in [1.54, 1.807) is 7.11 Å². The Morgan fingerprint density at radius 3 is 2.82 bits per heavy atom. The van der Waals surface area contributed by atoms with Gasteiger partial charge in [-0.2, -0.15) is 5.10 Å². The second kappa shape index (κ2) is 8.80. The maximum absolute atomic E-state index is 12.6. The molecule has 2 aliphatic carbocycles. The molecule has 1 amide bonds. The molecule has 5 nitrogen and oxygen atoms in total. The zero-order chi connectivity index (χ0) is 19.3. The predicted octanol–water partition coefficient (Wildman–Crippen LogP) is 4.40. The van der Waals surface area contributed by atoms with Crippen molar-refractivity contribution in [3.05, 3.63) is 47.3 Å². The number of hydrogen-bond acceptors (Lipinski definition) is 3. The van der Waals surface area contributed by atoms with Gasteiger partial charge in [-0.3, -0.25) is 9.48 Å². The Bertz CT molecular complexity index is 808. The Labute approximate surface area is 167 Å². The van der Waals surface area contributed by atoms with Gasteiger partial charge in [-0.1, -0.05) is 37.5 Å². The van der Waals surface area contributed by atoms with Gasteiger partial charge in [0.2, 0.25) is 5.91 Å². The highest BCUT2D eigenvalue weighted by molar-refractivity contribution is 5.76. The van der Waals surface area contributed by atoms with E-state index in [1.165, 1.54) is 43.4 Å².